The first-order valence-electron chi connectivity index (χ1n) is 11.0. The van der Waals surface area contributed by atoms with Crippen LogP contribution in [0.2, 0.25) is 0 Å². The number of hydrogen-bond donors (Lipinski definition) is 2. The van der Waals surface area contributed by atoms with E-state index >= 15 is 0 Å². The van der Waals surface area contributed by atoms with Gasteiger partial charge >= 0.3 is 0 Å². The molecule has 1 unspecified atom stereocenters. The van der Waals surface area contributed by atoms with Crippen LogP contribution in [-0.2, 0) is 11.3 Å². The van der Waals surface area contributed by atoms with Gasteiger partial charge in [-0.3, -0.25) is 14.7 Å². The van der Waals surface area contributed by atoms with Crippen LogP contribution in [0.15, 0.2) is 59.8 Å². The largest absolute Gasteiger partial charge is 0.493 e. The molecule has 1 aliphatic rings. The number of ether oxygens (including phenoxy) is 2. The van der Waals surface area contributed by atoms with Crippen molar-refractivity contribution in [2.75, 3.05) is 19.5 Å². The maximum atomic E-state index is 12.8. The molecule has 0 spiro atoms. The Morgan fingerprint density at radius 3 is 2.53 bits per heavy atom. The highest BCUT2D eigenvalue weighted by molar-refractivity contribution is 6.06. The van der Waals surface area contributed by atoms with Gasteiger partial charge in [0.2, 0.25) is 5.91 Å². The number of nitrogens with zero attached hydrogens (tertiary/aromatic N) is 3. The molecule has 0 saturated heterocycles. The van der Waals surface area contributed by atoms with Gasteiger partial charge in [0.05, 0.1) is 26.5 Å². The van der Waals surface area contributed by atoms with Crippen LogP contribution < -0.4 is 14.8 Å². The fourth-order valence-corrected chi connectivity index (χ4v) is 3.88. The lowest BCUT2D eigenvalue weighted by molar-refractivity contribution is -0.133. The number of anilines is 1. The average Bonchev–Trinajstić information content (AvgIpc) is 3.41. The van der Waals surface area contributed by atoms with Crippen LogP contribution in [0.4, 0.5) is 5.69 Å². The van der Waals surface area contributed by atoms with E-state index in [2.05, 4.69) is 22.4 Å². The van der Waals surface area contributed by atoms with Crippen molar-refractivity contribution < 1.29 is 19.1 Å². The molecule has 2 heterocycles. The molecule has 1 aromatic heterocycles. The van der Waals surface area contributed by atoms with Crippen molar-refractivity contribution in [1.29, 1.82) is 0 Å². The van der Waals surface area contributed by atoms with Crippen LogP contribution >= 0.6 is 0 Å². The van der Waals surface area contributed by atoms with Crippen LogP contribution in [0.25, 0.3) is 0 Å². The zero-order valence-electron chi connectivity index (χ0n) is 19.4. The van der Waals surface area contributed by atoms with Crippen molar-refractivity contribution in [2.45, 2.75) is 26.3 Å². The molecule has 1 aliphatic heterocycles. The van der Waals surface area contributed by atoms with E-state index in [1.54, 1.807) is 32.4 Å². The fourth-order valence-electron chi connectivity index (χ4n) is 3.88. The molecular weight excluding hydrogens is 434 g/mol. The summed E-state index contributed by atoms with van der Waals surface area (Å²) in [6.45, 7) is 2.39. The van der Waals surface area contributed by atoms with Crippen molar-refractivity contribution in [3.8, 4) is 11.5 Å². The number of amides is 2. The molecule has 0 saturated carbocycles. The maximum absolute atomic E-state index is 12.8. The number of carbonyl (C=O) groups is 2. The normalized spacial score (nSPS) is 15.6. The van der Waals surface area contributed by atoms with Crippen molar-refractivity contribution >= 4 is 23.2 Å². The van der Waals surface area contributed by atoms with E-state index in [9.17, 15) is 9.59 Å². The van der Waals surface area contributed by atoms with Gasteiger partial charge in [0.1, 0.15) is 5.69 Å². The maximum Gasteiger partial charge on any atom is 0.273 e. The highest BCUT2D eigenvalue weighted by Crippen LogP contribution is 2.31. The zero-order chi connectivity index (χ0) is 24.1. The molecule has 176 valence electrons. The molecular formula is C25H27N5O4. The molecule has 1 atom stereocenters. The van der Waals surface area contributed by atoms with Gasteiger partial charge in [-0.2, -0.15) is 10.2 Å². The smallest absolute Gasteiger partial charge is 0.273 e. The number of carbonyl (C=O) groups excluding carboxylic acids is 2. The molecule has 0 bridgehead atoms. The Labute approximate surface area is 197 Å². The lowest BCUT2D eigenvalue weighted by atomic mass is 9.89. The van der Waals surface area contributed by atoms with Crippen molar-refractivity contribution in [3.05, 3.63) is 71.5 Å². The molecule has 0 fully saturated rings. The Balaban J connectivity index is 1.53. The van der Waals surface area contributed by atoms with Crippen molar-refractivity contribution in [3.63, 3.8) is 0 Å². The Kier molecular flexibility index (Phi) is 6.91. The lowest BCUT2D eigenvalue weighted by Crippen LogP contribution is -2.36. The highest BCUT2D eigenvalue weighted by atomic mass is 16.5. The molecule has 2 amide bonds. The summed E-state index contributed by atoms with van der Waals surface area (Å²) in [6.07, 6.45) is 2.72. The van der Waals surface area contributed by atoms with Gasteiger partial charge in [-0.15, -0.1) is 0 Å². The zero-order valence-corrected chi connectivity index (χ0v) is 19.4. The minimum atomic E-state index is -0.272. The molecule has 3 aromatic rings. The minimum Gasteiger partial charge on any atom is -0.493 e. The molecule has 4 rings (SSSR count). The van der Waals surface area contributed by atoms with E-state index in [0.29, 0.717) is 35.8 Å². The predicted octanol–water partition coefficient (Wildman–Crippen LogP) is 3.84. The average molecular weight is 462 g/mol. The van der Waals surface area contributed by atoms with Gasteiger partial charge < -0.3 is 14.8 Å². The van der Waals surface area contributed by atoms with Crippen LogP contribution in [-0.4, -0.2) is 47.0 Å². The minimum absolute atomic E-state index is 0.0206. The topological polar surface area (TPSA) is 109 Å². The number of aromatic amines is 1. The number of methoxy groups -OCH3 is 2. The first-order chi connectivity index (χ1) is 16.5. The van der Waals surface area contributed by atoms with E-state index in [-0.39, 0.29) is 17.7 Å². The summed E-state index contributed by atoms with van der Waals surface area (Å²) in [7, 11) is 3.19. The van der Waals surface area contributed by atoms with Crippen LogP contribution in [0, 0.1) is 5.92 Å². The second kappa shape index (κ2) is 10.2. The predicted molar refractivity (Wildman–Crippen MR) is 128 cm³/mol. The van der Waals surface area contributed by atoms with Crippen molar-refractivity contribution in [1.82, 2.24) is 15.2 Å². The van der Waals surface area contributed by atoms with Gasteiger partial charge in [-0.25, -0.2) is 5.01 Å². The van der Waals surface area contributed by atoms with Crippen LogP contribution in [0.1, 0.15) is 41.4 Å². The second-order valence-corrected chi connectivity index (χ2v) is 7.94. The Hall–Kier alpha value is -4.14. The summed E-state index contributed by atoms with van der Waals surface area (Å²) in [6, 6.07) is 14.6. The lowest BCUT2D eigenvalue weighted by Gasteiger charge is -2.29. The van der Waals surface area contributed by atoms with E-state index in [4.69, 9.17) is 14.6 Å². The molecule has 2 aromatic carbocycles. The van der Waals surface area contributed by atoms with Gasteiger partial charge in [0.15, 0.2) is 11.5 Å². The van der Waals surface area contributed by atoms with E-state index in [1.165, 1.54) is 11.2 Å². The molecule has 9 nitrogen and oxygen atoms in total. The SMILES string of the molecule is CCC1CC(=O)N(Cc2ccc(NC(=O)c3ccn[nH]3)cc2)N=C1c1ccc(OC)c(OC)c1. The van der Waals surface area contributed by atoms with Gasteiger partial charge in [-0.1, -0.05) is 19.1 Å². The first kappa shape index (κ1) is 23.0. The standard InChI is InChI=1S/C25H27N5O4/c1-4-17-14-23(31)30(29-24(17)18-7-10-21(33-2)22(13-18)34-3)15-16-5-8-19(9-6-16)27-25(32)20-11-12-26-28-20/h5-13,17H,4,14-15H2,1-3H3,(H,26,28)(H,27,32). The monoisotopic (exact) mass is 461 g/mol. The van der Waals surface area contributed by atoms with Gasteiger partial charge in [0, 0.05) is 29.8 Å². The first-order valence-corrected chi connectivity index (χ1v) is 11.0. The molecule has 2 N–H and O–H groups in total. The summed E-state index contributed by atoms with van der Waals surface area (Å²) in [5, 5.41) is 15.5. The number of hydrazone groups is 1. The van der Waals surface area contributed by atoms with Gasteiger partial charge in [-0.05, 0) is 48.4 Å². The van der Waals surface area contributed by atoms with E-state index in [1.807, 2.05) is 30.3 Å². The molecule has 34 heavy (non-hydrogen) atoms. The third-order valence-corrected chi connectivity index (χ3v) is 5.79. The Bertz CT molecular complexity index is 1190. The molecule has 0 radical (unpaired) electrons. The summed E-state index contributed by atoms with van der Waals surface area (Å²) < 4.78 is 10.8. The summed E-state index contributed by atoms with van der Waals surface area (Å²) >= 11 is 0. The summed E-state index contributed by atoms with van der Waals surface area (Å²) in [5.74, 6) is 0.998. The highest BCUT2D eigenvalue weighted by Gasteiger charge is 2.29. The molecule has 9 heteroatoms. The van der Waals surface area contributed by atoms with Gasteiger partial charge in [0.25, 0.3) is 5.91 Å². The number of rotatable bonds is 8. The number of H-pyrrole nitrogens is 1. The second-order valence-electron chi connectivity index (χ2n) is 7.94. The van der Waals surface area contributed by atoms with Crippen LogP contribution in [0.5, 0.6) is 11.5 Å². The summed E-state index contributed by atoms with van der Waals surface area (Å²) in [4.78, 5) is 25.0. The number of aromatic nitrogens is 2. The number of hydrogen-bond acceptors (Lipinski definition) is 6. The Morgan fingerprint density at radius 2 is 1.88 bits per heavy atom. The number of nitrogens with one attached hydrogen (secondary N) is 2. The van der Waals surface area contributed by atoms with Crippen molar-refractivity contribution in [2.24, 2.45) is 11.0 Å². The van der Waals surface area contributed by atoms with E-state index < -0.39 is 0 Å². The molecule has 0 aliphatic carbocycles. The Morgan fingerprint density at radius 1 is 1.12 bits per heavy atom. The van der Waals surface area contributed by atoms with E-state index in [0.717, 1.165) is 23.3 Å². The van der Waals surface area contributed by atoms with Crippen LogP contribution in [0.3, 0.4) is 0 Å². The summed E-state index contributed by atoms with van der Waals surface area (Å²) in [5.41, 5.74) is 3.68. The quantitative estimate of drug-likeness (QED) is 0.530. The third kappa shape index (κ3) is 4.93. The number of benzene rings is 2. The fraction of sp³-hybridized carbons (Fsp3) is 0.280. The third-order valence-electron chi connectivity index (χ3n) is 5.79.